The van der Waals surface area contributed by atoms with Crippen molar-refractivity contribution < 1.29 is 32.9 Å². The molecule has 2 heterocycles. The van der Waals surface area contributed by atoms with Crippen molar-refractivity contribution in [2.45, 2.75) is 63.6 Å². The molecule has 1 aliphatic rings. The second-order valence-corrected chi connectivity index (χ2v) is 8.88. The molecular formula is C25H30FN5O6. The maximum Gasteiger partial charge on any atom is 0.274 e. The molecule has 0 radical (unpaired) electrons. The van der Waals surface area contributed by atoms with Crippen molar-refractivity contribution in [2.75, 3.05) is 6.54 Å². The van der Waals surface area contributed by atoms with Crippen LogP contribution in [0.4, 0.5) is 4.39 Å². The van der Waals surface area contributed by atoms with E-state index in [4.69, 9.17) is 4.52 Å². The molecule has 3 atom stereocenters. The largest absolute Gasteiger partial charge is 0.361 e. The van der Waals surface area contributed by atoms with Crippen LogP contribution in [-0.2, 0) is 25.6 Å². The van der Waals surface area contributed by atoms with Gasteiger partial charge >= 0.3 is 0 Å². The molecular weight excluding hydrogens is 485 g/mol. The minimum Gasteiger partial charge on any atom is -0.361 e. The number of amides is 4. The van der Waals surface area contributed by atoms with Crippen molar-refractivity contribution in [1.29, 1.82) is 0 Å². The number of carbonyl (C=O) groups excluding carboxylic acids is 5. The van der Waals surface area contributed by atoms with E-state index in [-0.39, 0.29) is 37.3 Å². The number of nitrogens with one attached hydrogen (secondary N) is 4. The van der Waals surface area contributed by atoms with Crippen molar-refractivity contribution >= 4 is 29.9 Å². The molecule has 12 heteroatoms. The molecule has 0 saturated carbocycles. The van der Waals surface area contributed by atoms with E-state index in [1.165, 1.54) is 30.3 Å². The third kappa shape index (κ3) is 8.51. The summed E-state index contributed by atoms with van der Waals surface area (Å²) in [5.74, 6) is -2.18. The van der Waals surface area contributed by atoms with Crippen molar-refractivity contribution in [3.05, 3.63) is 53.2 Å². The Hall–Kier alpha value is -4.09. The highest BCUT2D eigenvalue weighted by Gasteiger charge is 2.29. The summed E-state index contributed by atoms with van der Waals surface area (Å²) in [7, 11) is 0. The van der Waals surface area contributed by atoms with E-state index >= 15 is 0 Å². The molecule has 1 aliphatic heterocycles. The Morgan fingerprint density at radius 1 is 1.14 bits per heavy atom. The second-order valence-electron chi connectivity index (χ2n) is 8.88. The van der Waals surface area contributed by atoms with Gasteiger partial charge in [0.1, 0.15) is 29.9 Å². The quantitative estimate of drug-likeness (QED) is 0.427. The Morgan fingerprint density at radius 2 is 1.89 bits per heavy atom. The molecule has 11 nitrogen and oxygen atoms in total. The van der Waals surface area contributed by atoms with Gasteiger partial charge in [0.25, 0.3) is 5.91 Å². The van der Waals surface area contributed by atoms with E-state index in [9.17, 15) is 28.4 Å². The maximum absolute atomic E-state index is 13.4. The Labute approximate surface area is 212 Å². The number of aryl methyl sites for hydroxylation is 1. The number of benzene rings is 1. The highest BCUT2D eigenvalue weighted by Crippen LogP contribution is 2.10. The van der Waals surface area contributed by atoms with Gasteiger partial charge in [0, 0.05) is 25.5 Å². The number of aromatic nitrogens is 1. The van der Waals surface area contributed by atoms with Crippen LogP contribution in [0.5, 0.6) is 0 Å². The van der Waals surface area contributed by atoms with E-state index in [1.54, 1.807) is 6.92 Å². The third-order valence-electron chi connectivity index (χ3n) is 5.88. The van der Waals surface area contributed by atoms with Gasteiger partial charge in [-0.2, -0.15) is 0 Å². The molecule has 198 valence electrons. The summed E-state index contributed by atoms with van der Waals surface area (Å²) in [5.41, 5.74) is 0.573. The molecule has 4 N–H and O–H groups in total. The fourth-order valence-corrected chi connectivity index (χ4v) is 3.85. The summed E-state index contributed by atoms with van der Waals surface area (Å²) in [5, 5.41) is 14.3. The Kier molecular flexibility index (Phi) is 9.87. The lowest BCUT2D eigenvalue weighted by Crippen LogP contribution is -2.55. The van der Waals surface area contributed by atoms with Crippen molar-refractivity contribution in [3.8, 4) is 0 Å². The number of halogens is 1. The topological polar surface area (TPSA) is 160 Å². The predicted octanol–water partition coefficient (Wildman–Crippen LogP) is 0.712. The number of aldehydes is 1. The Balaban J connectivity index is 1.84. The summed E-state index contributed by atoms with van der Waals surface area (Å²) < 4.78 is 18.3. The van der Waals surface area contributed by atoms with Crippen LogP contribution in [0, 0.1) is 12.7 Å². The zero-order valence-electron chi connectivity index (χ0n) is 20.4. The molecule has 0 aliphatic carbocycles. The first-order chi connectivity index (χ1) is 17.7. The van der Waals surface area contributed by atoms with Gasteiger partial charge in [-0.3, -0.25) is 19.2 Å². The number of hydrogen-bond donors (Lipinski definition) is 4. The minimum absolute atomic E-state index is 0.00267. The molecule has 1 saturated heterocycles. The molecule has 37 heavy (non-hydrogen) atoms. The fraction of sp³-hybridized carbons (Fsp3) is 0.440. The molecule has 0 spiro atoms. The highest BCUT2D eigenvalue weighted by molar-refractivity contribution is 5.97. The van der Waals surface area contributed by atoms with Crippen LogP contribution in [0.2, 0.25) is 0 Å². The Bertz CT molecular complexity index is 1120. The molecule has 0 unspecified atom stereocenters. The van der Waals surface area contributed by atoms with E-state index in [2.05, 4.69) is 26.4 Å². The minimum atomic E-state index is -1.13. The van der Waals surface area contributed by atoms with E-state index < -0.39 is 41.7 Å². The van der Waals surface area contributed by atoms with Gasteiger partial charge in [-0.25, -0.2) is 4.39 Å². The van der Waals surface area contributed by atoms with Crippen LogP contribution in [0.1, 0.15) is 53.9 Å². The van der Waals surface area contributed by atoms with Gasteiger partial charge in [0.05, 0.1) is 6.04 Å². The molecule has 4 amide bonds. The monoisotopic (exact) mass is 515 g/mol. The summed E-state index contributed by atoms with van der Waals surface area (Å²) >= 11 is 0. The van der Waals surface area contributed by atoms with Gasteiger partial charge in [-0.15, -0.1) is 0 Å². The van der Waals surface area contributed by atoms with Crippen LogP contribution in [0.15, 0.2) is 34.9 Å². The number of nitrogens with zero attached hydrogens (tertiary/aromatic N) is 1. The molecule has 1 fully saturated rings. The van der Waals surface area contributed by atoms with Crippen molar-refractivity contribution in [1.82, 2.24) is 26.4 Å². The predicted molar refractivity (Wildman–Crippen MR) is 129 cm³/mol. The van der Waals surface area contributed by atoms with Gasteiger partial charge in [0.15, 0.2) is 5.69 Å². The van der Waals surface area contributed by atoms with Gasteiger partial charge in [-0.1, -0.05) is 17.3 Å². The standard InChI is InChI=1S/C25H30FN5O6/c1-15-12-21(31-37-15)25(36)29-19-4-2-3-11-27-22(33)10-9-18(14-32)28-24(35)20(30-23(19)34)13-16-5-7-17(26)8-6-16/h5-8,12,14,18-20H,2-4,9-11,13H2,1H3,(H,27,33)(H,28,35)(H,29,36)(H,30,34)/t18-,19-,20-/m0/s1. The normalized spacial score (nSPS) is 22.0. The third-order valence-corrected chi connectivity index (χ3v) is 5.88. The van der Waals surface area contributed by atoms with Gasteiger partial charge in [0.2, 0.25) is 17.7 Å². The number of rotatable bonds is 5. The van der Waals surface area contributed by atoms with Gasteiger partial charge < -0.3 is 30.6 Å². The molecule has 3 rings (SSSR count). The lowest BCUT2D eigenvalue weighted by molar-refractivity contribution is -0.131. The van der Waals surface area contributed by atoms with Crippen LogP contribution < -0.4 is 21.3 Å². The van der Waals surface area contributed by atoms with E-state index in [0.29, 0.717) is 37.0 Å². The summed E-state index contributed by atoms with van der Waals surface area (Å²) in [6.07, 6.45) is 1.93. The molecule has 2 aromatic rings. The van der Waals surface area contributed by atoms with Crippen LogP contribution in [-0.4, -0.2) is 59.7 Å². The molecule has 1 aromatic heterocycles. The van der Waals surface area contributed by atoms with Gasteiger partial charge in [-0.05, 0) is 50.3 Å². The fourth-order valence-electron chi connectivity index (χ4n) is 3.85. The van der Waals surface area contributed by atoms with Crippen LogP contribution in [0.25, 0.3) is 0 Å². The van der Waals surface area contributed by atoms with E-state index in [0.717, 1.165) is 0 Å². The average molecular weight is 516 g/mol. The van der Waals surface area contributed by atoms with Crippen LogP contribution in [0.3, 0.4) is 0 Å². The first-order valence-corrected chi connectivity index (χ1v) is 12.1. The number of carbonyl (C=O) groups is 5. The van der Waals surface area contributed by atoms with E-state index in [1.807, 2.05) is 0 Å². The van der Waals surface area contributed by atoms with Crippen molar-refractivity contribution in [3.63, 3.8) is 0 Å². The highest BCUT2D eigenvalue weighted by atomic mass is 19.1. The lowest BCUT2D eigenvalue weighted by Gasteiger charge is -2.24. The summed E-state index contributed by atoms with van der Waals surface area (Å²) in [6, 6.07) is 3.77. The Morgan fingerprint density at radius 3 is 2.57 bits per heavy atom. The second kappa shape index (κ2) is 13.3. The average Bonchev–Trinajstić information content (AvgIpc) is 3.32. The maximum atomic E-state index is 13.4. The molecule has 0 bridgehead atoms. The first kappa shape index (κ1) is 27.5. The lowest BCUT2D eigenvalue weighted by atomic mass is 10.0. The smallest absolute Gasteiger partial charge is 0.274 e. The van der Waals surface area contributed by atoms with Crippen molar-refractivity contribution in [2.24, 2.45) is 0 Å². The summed E-state index contributed by atoms with van der Waals surface area (Å²) in [4.78, 5) is 62.7. The first-order valence-electron chi connectivity index (χ1n) is 12.1. The zero-order valence-corrected chi connectivity index (χ0v) is 20.4. The zero-order chi connectivity index (χ0) is 26.8. The van der Waals surface area contributed by atoms with Crippen LogP contribution >= 0.6 is 0 Å². The SMILES string of the molecule is Cc1cc(C(=O)N[C@H]2CCCCNC(=O)CC[C@@H](C=O)NC(=O)[C@H](Cc3ccc(F)cc3)NC2=O)no1. The molecule has 1 aromatic carbocycles. The summed E-state index contributed by atoms with van der Waals surface area (Å²) in [6.45, 7) is 1.98. The number of hydrogen-bond acceptors (Lipinski definition) is 7.